The van der Waals surface area contributed by atoms with Crippen LogP contribution in [0.1, 0.15) is 12.0 Å². The summed E-state index contributed by atoms with van der Waals surface area (Å²) in [6.07, 6.45) is 3.01. The Labute approximate surface area is 149 Å². The van der Waals surface area contributed by atoms with Crippen LogP contribution in [0.25, 0.3) is 6.08 Å². The molecule has 1 N–H and O–H groups in total. The molecule has 9 heteroatoms. The first-order chi connectivity index (χ1) is 11.2. The number of ether oxygens (including phenoxy) is 1. The molecular formula is C15H15Cl2NO5S. The summed E-state index contributed by atoms with van der Waals surface area (Å²) < 4.78 is 27.4. The first-order valence-corrected chi connectivity index (χ1v) is 9.62. The Morgan fingerprint density at radius 3 is 2.67 bits per heavy atom. The van der Waals surface area contributed by atoms with Crippen molar-refractivity contribution in [2.45, 2.75) is 12.5 Å². The Morgan fingerprint density at radius 1 is 1.29 bits per heavy atom. The quantitative estimate of drug-likeness (QED) is 0.610. The van der Waals surface area contributed by atoms with Crippen LogP contribution in [-0.2, 0) is 24.2 Å². The van der Waals surface area contributed by atoms with Gasteiger partial charge in [0.1, 0.15) is 0 Å². The number of carbonyl (C=O) groups excluding carboxylic acids is 2. The van der Waals surface area contributed by atoms with Crippen molar-refractivity contribution in [2.24, 2.45) is 0 Å². The van der Waals surface area contributed by atoms with Crippen molar-refractivity contribution >= 4 is 51.0 Å². The van der Waals surface area contributed by atoms with Crippen LogP contribution in [0, 0.1) is 0 Å². The van der Waals surface area contributed by atoms with Crippen LogP contribution in [-0.4, -0.2) is 44.4 Å². The molecule has 1 atom stereocenters. The van der Waals surface area contributed by atoms with E-state index in [1.54, 1.807) is 18.2 Å². The van der Waals surface area contributed by atoms with E-state index in [-0.39, 0.29) is 11.5 Å². The lowest BCUT2D eigenvalue weighted by Gasteiger charge is -2.10. The highest BCUT2D eigenvalue weighted by atomic mass is 35.5. The zero-order valence-electron chi connectivity index (χ0n) is 12.5. The molecule has 1 fully saturated rings. The minimum absolute atomic E-state index is 0.0596. The van der Waals surface area contributed by atoms with E-state index in [9.17, 15) is 18.0 Å². The van der Waals surface area contributed by atoms with Crippen molar-refractivity contribution in [1.82, 2.24) is 5.32 Å². The van der Waals surface area contributed by atoms with E-state index in [1.165, 1.54) is 6.08 Å². The molecule has 1 heterocycles. The van der Waals surface area contributed by atoms with Crippen LogP contribution < -0.4 is 5.32 Å². The molecule has 0 unspecified atom stereocenters. The molecule has 2 rings (SSSR count). The summed E-state index contributed by atoms with van der Waals surface area (Å²) in [5, 5.41) is 3.29. The van der Waals surface area contributed by atoms with Crippen molar-refractivity contribution in [3.8, 4) is 0 Å². The van der Waals surface area contributed by atoms with E-state index < -0.39 is 34.4 Å². The third kappa shape index (κ3) is 5.81. The van der Waals surface area contributed by atoms with E-state index in [4.69, 9.17) is 27.9 Å². The van der Waals surface area contributed by atoms with Gasteiger partial charge in [0.2, 0.25) is 0 Å². The average Bonchev–Trinajstić information content (AvgIpc) is 2.85. The zero-order chi connectivity index (χ0) is 17.7. The first-order valence-electron chi connectivity index (χ1n) is 7.05. The van der Waals surface area contributed by atoms with Crippen molar-refractivity contribution in [2.75, 3.05) is 18.1 Å². The molecule has 0 bridgehead atoms. The van der Waals surface area contributed by atoms with Gasteiger partial charge in [0.15, 0.2) is 16.4 Å². The third-order valence-electron chi connectivity index (χ3n) is 3.30. The van der Waals surface area contributed by atoms with Gasteiger partial charge in [-0.2, -0.15) is 0 Å². The lowest BCUT2D eigenvalue weighted by Crippen LogP contribution is -2.38. The number of hydrogen-bond donors (Lipinski definition) is 1. The van der Waals surface area contributed by atoms with E-state index >= 15 is 0 Å². The number of carbonyl (C=O) groups is 2. The Morgan fingerprint density at radius 2 is 2.04 bits per heavy atom. The van der Waals surface area contributed by atoms with Gasteiger partial charge in [-0.25, -0.2) is 13.2 Å². The number of hydrogen-bond acceptors (Lipinski definition) is 5. The van der Waals surface area contributed by atoms with E-state index in [0.717, 1.165) is 6.08 Å². The largest absolute Gasteiger partial charge is 0.452 e. The van der Waals surface area contributed by atoms with Gasteiger partial charge in [-0.1, -0.05) is 29.3 Å². The smallest absolute Gasteiger partial charge is 0.331 e. The van der Waals surface area contributed by atoms with Crippen LogP contribution in [0.15, 0.2) is 24.3 Å². The minimum atomic E-state index is -3.07. The van der Waals surface area contributed by atoms with Crippen LogP contribution in [0.4, 0.5) is 0 Å². The van der Waals surface area contributed by atoms with Crippen LogP contribution in [0.5, 0.6) is 0 Å². The minimum Gasteiger partial charge on any atom is -0.452 e. The van der Waals surface area contributed by atoms with Gasteiger partial charge < -0.3 is 10.1 Å². The highest BCUT2D eigenvalue weighted by Crippen LogP contribution is 2.23. The Kier molecular flexibility index (Phi) is 6.26. The summed E-state index contributed by atoms with van der Waals surface area (Å²) >= 11 is 11.6. The van der Waals surface area contributed by atoms with Crippen LogP contribution in [0.2, 0.25) is 10.0 Å². The van der Waals surface area contributed by atoms with Crippen molar-refractivity contribution in [3.05, 3.63) is 39.9 Å². The van der Waals surface area contributed by atoms with Crippen LogP contribution in [0.3, 0.4) is 0 Å². The topological polar surface area (TPSA) is 89.5 Å². The molecule has 0 saturated carbocycles. The van der Waals surface area contributed by atoms with E-state index in [0.29, 0.717) is 22.0 Å². The summed E-state index contributed by atoms with van der Waals surface area (Å²) in [7, 11) is -3.07. The second-order valence-electron chi connectivity index (χ2n) is 5.28. The molecule has 0 aliphatic carbocycles. The molecule has 1 aliphatic heterocycles. The number of halogens is 2. The monoisotopic (exact) mass is 391 g/mol. The van der Waals surface area contributed by atoms with Gasteiger partial charge in [0, 0.05) is 12.1 Å². The second kappa shape index (κ2) is 8.00. The Hall–Kier alpha value is -1.57. The normalized spacial score (nSPS) is 19.3. The van der Waals surface area contributed by atoms with Gasteiger partial charge in [-0.05, 0) is 30.2 Å². The van der Waals surface area contributed by atoms with Gasteiger partial charge >= 0.3 is 5.97 Å². The zero-order valence-corrected chi connectivity index (χ0v) is 14.8. The summed E-state index contributed by atoms with van der Waals surface area (Å²) in [5.74, 6) is -1.25. The molecule has 1 aliphatic rings. The fraction of sp³-hybridized carbons (Fsp3) is 0.333. The molecule has 6 nitrogen and oxygen atoms in total. The molecule has 1 amide bonds. The SMILES string of the molecule is O=C(COC(=O)/C=C/c1ccc(Cl)c(Cl)c1)N[C@H]1CCS(=O)(=O)C1. The Balaban J connectivity index is 1.77. The van der Waals surface area contributed by atoms with E-state index in [1.807, 2.05) is 0 Å². The van der Waals surface area contributed by atoms with Gasteiger partial charge in [0.25, 0.3) is 5.91 Å². The number of amides is 1. The van der Waals surface area contributed by atoms with Gasteiger partial charge in [0.05, 0.1) is 21.6 Å². The molecule has 1 aromatic carbocycles. The molecule has 0 spiro atoms. The lowest BCUT2D eigenvalue weighted by molar-refractivity contribution is -0.143. The molecule has 1 saturated heterocycles. The molecule has 1 aromatic rings. The standard InChI is InChI=1S/C15H15Cl2NO5S/c16-12-3-1-10(7-13(12)17)2-4-15(20)23-8-14(19)18-11-5-6-24(21,22)9-11/h1-4,7,11H,5-6,8-9H2,(H,18,19)/b4-2+/t11-/m0/s1. The maximum Gasteiger partial charge on any atom is 0.331 e. The van der Waals surface area contributed by atoms with Crippen LogP contribution >= 0.6 is 23.2 Å². The number of nitrogens with one attached hydrogen (secondary N) is 1. The first kappa shape index (κ1) is 18.8. The summed E-state index contributed by atoms with van der Waals surface area (Å²) in [5.41, 5.74) is 0.655. The van der Waals surface area contributed by atoms with Gasteiger partial charge in [-0.15, -0.1) is 0 Å². The maximum absolute atomic E-state index is 11.6. The second-order valence-corrected chi connectivity index (χ2v) is 8.33. The Bertz CT molecular complexity index is 776. The predicted molar refractivity (Wildman–Crippen MR) is 91.7 cm³/mol. The van der Waals surface area contributed by atoms with Crippen molar-refractivity contribution < 1.29 is 22.7 Å². The van der Waals surface area contributed by atoms with Crippen molar-refractivity contribution in [1.29, 1.82) is 0 Å². The maximum atomic E-state index is 11.6. The molecule has 0 aromatic heterocycles. The predicted octanol–water partition coefficient (Wildman–Crippen LogP) is 1.85. The number of rotatable bonds is 5. The highest BCUT2D eigenvalue weighted by molar-refractivity contribution is 7.91. The molecular weight excluding hydrogens is 377 g/mol. The van der Waals surface area contributed by atoms with Crippen molar-refractivity contribution in [3.63, 3.8) is 0 Å². The number of esters is 1. The molecule has 0 radical (unpaired) electrons. The summed E-state index contributed by atoms with van der Waals surface area (Å²) in [6.45, 7) is -0.471. The summed E-state index contributed by atoms with van der Waals surface area (Å²) in [6, 6.07) is 4.43. The number of sulfone groups is 1. The molecule has 24 heavy (non-hydrogen) atoms. The number of benzene rings is 1. The van der Waals surface area contributed by atoms with Gasteiger partial charge in [-0.3, -0.25) is 4.79 Å². The fourth-order valence-electron chi connectivity index (χ4n) is 2.14. The fourth-order valence-corrected chi connectivity index (χ4v) is 4.12. The molecule has 130 valence electrons. The average molecular weight is 392 g/mol. The highest BCUT2D eigenvalue weighted by Gasteiger charge is 2.28. The summed E-state index contributed by atoms with van der Waals surface area (Å²) in [4.78, 5) is 23.2. The lowest BCUT2D eigenvalue weighted by atomic mass is 10.2. The third-order valence-corrected chi connectivity index (χ3v) is 5.81. The van der Waals surface area contributed by atoms with E-state index in [2.05, 4.69) is 5.32 Å².